The van der Waals surface area contributed by atoms with Crippen molar-refractivity contribution in [1.29, 1.82) is 0 Å². The van der Waals surface area contributed by atoms with E-state index >= 15 is 0 Å². The molecule has 0 saturated carbocycles. The SMILES string of the molecule is CC(C)c1ccc(Sc2nc3c(=O)n4cc(-c5ccccc5)[nH]c4nc3n2C2OC3COPOC3C2O)cc1. The van der Waals surface area contributed by atoms with Crippen LogP contribution in [0, 0.1) is 0 Å². The van der Waals surface area contributed by atoms with Crippen molar-refractivity contribution in [2.45, 2.75) is 54.4 Å². The molecule has 3 aromatic heterocycles. The predicted octanol–water partition coefficient (Wildman–Crippen LogP) is 4.50. The van der Waals surface area contributed by atoms with E-state index in [1.54, 1.807) is 10.8 Å². The summed E-state index contributed by atoms with van der Waals surface area (Å²) < 4.78 is 20.5. The molecule has 2 saturated heterocycles. The van der Waals surface area contributed by atoms with Crippen molar-refractivity contribution in [3.63, 3.8) is 0 Å². The molecule has 2 aromatic carbocycles. The number of nitrogens with one attached hydrogen (secondary N) is 1. The summed E-state index contributed by atoms with van der Waals surface area (Å²) in [5, 5.41) is 11.8. The van der Waals surface area contributed by atoms with Gasteiger partial charge < -0.3 is 23.9 Å². The summed E-state index contributed by atoms with van der Waals surface area (Å²) >= 11 is 1.39. The van der Waals surface area contributed by atoms with Gasteiger partial charge in [0.05, 0.1) is 12.3 Å². The number of aromatic amines is 1. The third-order valence-corrected chi connectivity index (χ3v) is 8.75. The van der Waals surface area contributed by atoms with E-state index in [-0.39, 0.29) is 20.1 Å². The number of hydrogen-bond donors (Lipinski definition) is 2. The molecular formula is C27H26N5O5PS. The van der Waals surface area contributed by atoms with Gasteiger partial charge in [-0.05, 0) is 29.2 Å². The van der Waals surface area contributed by atoms with E-state index in [2.05, 4.69) is 31.0 Å². The lowest BCUT2D eigenvalue weighted by Crippen LogP contribution is -2.37. The van der Waals surface area contributed by atoms with E-state index in [4.69, 9.17) is 23.8 Å². The van der Waals surface area contributed by atoms with Crippen molar-refractivity contribution in [3.8, 4) is 11.3 Å². The maximum atomic E-state index is 13.7. The van der Waals surface area contributed by atoms with Crippen LogP contribution >= 0.6 is 20.8 Å². The molecule has 5 unspecified atom stereocenters. The number of hydrogen-bond acceptors (Lipinski definition) is 8. The Bertz CT molecular complexity index is 1720. The van der Waals surface area contributed by atoms with Crippen molar-refractivity contribution >= 4 is 37.7 Å². The van der Waals surface area contributed by atoms with E-state index < -0.39 is 24.5 Å². The summed E-state index contributed by atoms with van der Waals surface area (Å²) in [7, 11) is -0.162. The summed E-state index contributed by atoms with van der Waals surface area (Å²) in [4.78, 5) is 27.5. The fraction of sp³-hybridized carbons (Fsp3) is 0.296. The van der Waals surface area contributed by atoms with Crippen LogP contribution < -0.4 is 5.56 Å². The van der Waals surface area contributed by atoms with Gasteiger partial charge in [0.2, 0.25) is 5.78 Å². The third kappa shape index (κ3) is 4.30. The zero-order valence-electron chi connectivity index (χ0n) is 21.1. The van der Waals surface area contributed by atoms with E-state index in [1.807, 2.05) is 42.5 Å². The number of H-pyrrole nitrogens is 1. The highest BCUT2D eigenvalue weighted by Gasteiger charge is 2.49. The zero-order valence-corrected chi connectivity index (χ0v) is 23.0. The molecule has 200 valence electrons. The minimum absolute atomic E-state index is 0.162. The maximum Gasteiger partial charge on any atom is 0.287 e. The molecule has 0 spiro atoms. The van der Waals surface area contributed by atoms with Crippen LogP contribution in [0.4, 0.5) is 0 Å². The number of imidazole rings is 2. The average molecular weight is 564 g/mol. The van der Waals surface area contributed by atoms with Gasteiger partial charge in [0.1, 0.15) is 18.3 Å². The Labute approximate surface area is 229 Å². The van der Waals surface area contributed by atoms with Gasteiger partial charge in [-0.2, -0.15) is 4.98 Å². The molecule has 5 atom stereocenters. The van der Waals surface area contributed by atoms with Crippen LogP contribution in [0.5, 0.6) is 0 Å². The summed E-state index contributed by atoms with van der Waals surface area (Å²) in [6.07, 6.45) is -1.09. The van der Waals surface area contributed by atoms with Crippen LogP contribution in [0.15, 0.2) is 75.6 Å². The summed E-state index contributed by atoms with van der Waals surface area (Å²) in [6, 6.07) is 18.0. The van der Waals surface area contributed by atoms with Gasteiger partial charge in [-0.3, -0.25) is 9.36 Å². The second-order valence-corrected chi connectivity index (χ2v) is 11.7. The van der Waals surface area contributed by atoms with Crippen molar-refractivity contribution in [1.82, 2.24) is 23.9 Å². The molecule has 0 aliphatic carbocycles. The molecule has 2 fully saturated rings. The normalized spacial score (nSPS) is 23.8. The van der Waals surface area contributed by atoms with Crippen molar-refractivity contribution < 1.29 is 18.9 Å². The van der Waals surface area contributed by atoms with Crippen LogP contribution in [0.2, 0.25) is 0 Å². The molecule has 2 aliphatic rings. The second kappa shape index (κ2) is 9.85. The minimum Gasteiger partial charge on any atom is -0.386 e. The van der Waals surface area contributed by atoms with Crippen molar-refractivity contribution in [2.24, 2.45) is 0 Å². The van der Waals surface area contributed by atoms with E-state index in [0.29, 0.717) is 29.1 Å². The Morgan fingerprint density at radius 1 is 1.13 bits per heavy atom. The highest BCUT2D eigenvalue weighted by molar-refractivity contribution is 7.99. The lowest BCUT2D eigenvalue weighted by atomic mass is 10.0. The predicted molar refractivity (Wildman–Crippen MR) is 148 cm³/mol. The van der Waals surface area contributed by atoms with E-state index in [1.165, 1.54) is 21.7 Å². The summed E-state index contributed by atoms with van der Waals surface area (Å²) in [5.41, 5.74) is 3.13. The molecule has 10 nitrogen and oxygen atoms in total. The first-order valence-electron chi connectivity index (χ1n) is 12.7. The molecular weight excluding hydrogens is 537 g/mol. The van der Waals surface area contributed by atoms with Crippen LogP contribution in [0.3, 0.4) is 0 Å². The molecule has 2 N–H and O–H groups in total. The quantitative estimate of drug-likeness (QED) is 0.301. The fourth-order valence-corrected chi connectivity index (χ4v) is 6.63. The number of aliphatic hydroxyl groups excluding tert-OH is 1. The fourth-order valence-electron chi connectivity index (χ4n) is 5.02. The first-order valence-corrected chi connectivity index (χ1v) is 14.3. The van der Waals surface area contributed by atoms with Gasteiger partial charge in [0.25, 0.3) is 5.56 Å². The molecule has 0 bridgehead atoms. The second-order valence-electron chi connectivity index (χ2n) is 9.94. The van der Waals surface area contributed by atoms with Gasteiger partial charge in [-0.15, -0.1) is 0 Å². The number of benzene rings is 2. The van der Waals surface area contributed by atoms with Gasteiger partial charge in [-0.1, -0.05) is 68.1 Å². The van der Waals surface area contributed by atoms with Crippen molar-refractivity contribution in [2.75, 3.05) is 6.61 Å². The molecule has 2 aliphatic heterocycles. The van der Waals surface area contributed by atoms with Crippen LogP contribution in [0.1, 0.15) is 31.6 Å². The summed E-state index contributed by atoms with van der Waals surface area (Å²) in [5.74, 6) is 0.784. The van der Waals surface area contributed by atoms with E-state index in [9.17, 15) is 9.90 Å². The Morgan fingerprint density at radius 2 is 1.92 bits per heavy atom. The van der Waals surface area contributed by atoms with Crippen LogP contribution in [-0.4, -0.2) is 53.9 Å². The summed E-state index contributed by atoms with van der Waals surface area (Å²) in [6.45, 7) is 4.62. The molecule has 5 aromatic rings. The lowest BCUT2D eigenvalue weighted by molar-refractivity contribution is -0.0553. The van der Waals surface area contributed by atoms with Gasteiger partial charge >= 0.3 is 0 Å². The zero-order chi connectivity index (χ0) is 26.7. The molecule has 0 radical (unpaired) electrons. The van der Waals surface area contributed by atoms with Gasteiger partial charge in [0.15, 0.2) is 31.6 Å². The van der Waals surface area contributed by atoms with Crippen LogP contribution in [0.25, 0.3) is 28.2 Å². The number of ether oxygens (including phenoxy) is 1. The van der Waals surface area contributed by atoms with Gasteiger partial charge in [-0.25, -0.2) is 9.38 Å². The molecule has 0 amide bonds. The monoisotopic (exact) mass is 563 g/mol. The molecule has 12 heteroatoms. The number of fused-ring (bicyclic) bond motifs is 3. The number of aliphatic hydroxyl groups is 1. The topological polar surface area (TPSA) is 116 Å². The molecule has 7 rings (SSSR count). The first-order chi connectivity index (χ1) is 19.0. The first kappa shape index (κ1) is 25.0. The lowest BCUT2D eigenvalue weighted by Gasteiger charge is -2.24. The average Bonchev–Trinajstić information content (AvgIpc) is 3.64. The minimum atomic E-state index is -0.991. The largest absolute Gasteiger partial charge is 0.386 e. The Hall–Kier alpha value is -3.05. The van der Waals surface area contributed by atoms with E-state index in [0.717, 1.165) is 16.2 Å². The highest BCUT2D eigenvalue weighted by Crippen LogP contribution is 2.42. The third-order valence-electron chi connectivity index (χ3n) is 7.11. The molecule has 39 heavy (non-hydrogen) atoms. The smallest absolute Gasteiger partial charge is 0.287 e. The Kier molecular flexibility index (Phi) is 6.30. The number of nitrogens with zero attached hydrogens (tertiary/aromatic N) is 4. The highest BCUT2D eigenvalue weighted by atomic mass is 32.2. The maximum absolute atomic E-state index is 13.7. The Morgan fingerprint density at radius 3 is 2.67 bits per heavy atom. The Balaban J connectivity index is 1.38. The van der Waals surface area contributed by atoms with Crippen molar-refractivity contribution in [3.05, 3.63) is 76.7 Å². The number of rotatable bonds is 5. The standard InChI is InChI=1S/C27H26N5O5PS/c1-14(2)15-8-10-17(11-9-15)39-27-29-20-23(32(27)25-21(33)22-19(36-25)13-35-38-37-22)30-26-28-18(12-31(26)24(20)34)16-6-4-3-5-7-16/h3-12,14,19,21-22,25,33,38H,13H2,1-2H3,(H,28,30). The van der Waals surface area contributed by atoms with Gasteiger partial charge in [0, 0.05) is 11.1 Å². The number of aromatic nitrogens is 5. The van der Waals surface area contributed by atoms with Crippen LogP contribution in [-0.2, 0) is 13.8 Å². The molecule has 5 heterocycles.